The highest BCUT2D eigenvalue weighted by Gasteiger charge is 2.42. The molecule has 32 heavy (non-hydrogen) atoms. The first-order valence-corrected chi connectivity index (χ1v) is 10.6. The zero-order valence-corrected chi connectivity index (χ0v) is 17.7. The minimum atomic E-state index is -5.08. The van der Waals surface area contributed by atoms with E-state index in [-0.39, 0.29) is 24.2 Å². The molecular formula is C20H27F3N4O5. The van der Waals surface area contributed by atoms with E-state index in [0.717, 1.165) is 44.5 Å². The summed E-state index contributed by atoms with van der Waals surface area (Å²) in [6.45, 7) is 0.881. The Balaban J connectivity index is 0.000000360. The number of fused-ring (bicyclic) bond motifs is 1. The molecule has 3 atom stereocenters. The van der Waals surface area contributed by atoms with Crippen LogP contribution in [0.5, 0.6) is 5.88 Å². The predicted molar refractivity (Wildman–Crippen MR) is 106 cm³/mol. The highest BCUT2D eigenvalue weighted by molar-refractivity contribution is 5.81. The fourth-order valence-corrected chi connectivity index (χ4v) is 4.37. The van der Waals surface area contributed by atoms with Crippen molar-refractivity contribution in [3.05, 3.63) is 12.4 Å². The molecule has 0 radical (unpaired) electrons. The van der Waals surface area contributed by atoms with Crippen LogP contribution in [0, 0.1) is 0 Å². The number of alkyl halides is 3. The summed E-state index contributed by atoms with van der Waals surface area (Å²) in [6.07, 6.45) is 3.51. The molecule has 3 aliphatic rings. The van der Waals surface area contributed by atoms with Gasteiger partial charge in [0.05, 0.1) is 19.3 Å². The Kier molecular flexibility index (Phi) is 7.75. The van der Waals surface area contributed by atoms with Crippen LogP contribution in [0.3, 0.4) is 0 Å². The number of nitrogens with one attached hydrogen (secondary N) is 1. The summed E-state index contributed by atoms with van der Waals surface area (Å²) < 4.78 is 43.1. The van der Waals surface area contributed by atoms with Crippen LogP contribution in [-0.4, -0.2) is 71.1 Å². The zero-order valence-electron chi connectivity index (χ0n) is 17.7. The summed E-state index contributed by atoms with van der Waals surface area (Å²) in [5.41, 5.74) is 0. The Morgan fingerprint density at radius 1 is 1.19 bits per heavy atom. The number of ether oxygens (including phenoxy) is 2. The lowest BCUT2D eigenvalue weighted by Crippen LogP contribution is -2.49. The van der Waals surface area contributed by atoms with Crippen molar-refractivity contribution in [2.24, 2.45) is 0 Å². The van der Waals surface area contributed by atoms with Gasteiger partial charge in [-0.1, -0.05) is 12.8 Å². The largest absolute Gasteiger partial charge is 0.490 e. The van der Waals surface area contributed by atoms with Gasteiger partial charge in [-0.05, 0) is 32.1 Å². The molecule has 0 bridgehead atoms. The van der Waals surface area contributed by atoms with E-state index in [9.17, 15) is 18.0 Å². The van der Waals surface area contributed by atoms with Crippen LogP contribution in [0.15, 0.2) is 12.4 Å². The first kappa shape index (κ1) is 24.0. The van der Waals surface area contributed by atoms with Gasteiger partial charge in [-0.25, -0.2) is 14.8 Å². The number of hydrogen-bond acceptors (Lipinski definition) is 7. The first-order chi connectivity index (χ1) is 15.2. The zero-order chi connectivity index (χ0) is 23.3. The lowest BCUT2D eigenvalue weighted by molar-refractivity contribution is -0.192. The van der Waals surface area contributed by atoms with Gasteiger partial charge in [0, 0.05) is 18.7 Å². The number of anilines is 1. The molecule has 0 unspecified atom stereocenters. The van der Waals surface area contributed by atoms with Gasteiger partial charge in [0.1, 0.15) is 18.2 Å². The average Bonchev–Trinajstić information content (AvgIpc) is 3.42. The van der Waals surface area contributed by atoms with Crippen molar-refractivity contribution in [1.82, 2.24) is 15.3 Å². The second-order valence-corrected chi connectivity index (χ2v) is 8.00. The van der Waals surface area contributed by atoms with E-state index in [0.29, 0.717) is 11.9 Å². The molecular weight excluding hydrogens is 433 g/mol. The Morgan fingerprint density at radius 2 is 1.88 bits per heavy atom. The van der Waals surface area contributed by atoms with Crippen molar-refractivity contribution < 1.29 is 37.3 Å². The smallest absolute Gasteiger partial charge is 0.481 e. The van der Waals surface area contributed by atoms with E-state index < -0.39 is 12.1 Å². The summed E-state index contributed by atoms with van der Waals surface area (Å²) in [5.74, 6) is -1.24. The number of carboxylic acid groups (broad SMARTS) is 1. The third-order valence-corrected chi connectivity index (χ3v) is 5.92. The summed E-state index contributed by atoms with van der Waals surface area (Å²) in [4.78, 5) is 32.1. The van der Waals surface area contributed by atoms with Crippen molar-refractivity contribution >= 4 is 17.7 Å². The van der Waals surface area contributed by atoms with Crippen LogP contribution in [0.2, 0.25) is 0 Å². The Morgan fingerprint density at radius 3 is 2.50 bits per heavy atom. The van der Waals surface area contributed by atoms with E-state index in [4.69, 9.17) is 19.4 Å². The summed E-state index contributed by atoms with van der Waals surface area (Å²) in [6, 6.07) is 2.49. The Bertz CT molecular complexity index is 804. The maximum absolute atomic E-state index is 12.5. The quantitative estimate of drug-likeness (QED) is 0.704. The van der Waals surface area contributed by atoms with Crippen LogP contribution in [-0.2, 0) is 14.3 Å². The molecule has 9 nitrogen and oxygen atoms in total. The molecule has 2 saturated heterocycles. The number of carbonyl (C=O) groups is 2. The van der Waals surface area contributed by atoms with Crippen LogP contribution in [0.1, 0.15) is 44.9 Å². The van der Waals surface area contributed by atoms with Gasteiger partial charge in [-0.15, -0.1) is 0 Å². The van der Waals surface area contributed by atoms with Crippen molar-refractivity contribution in [1.29, 1.82) is 0 Å². The standard InChI is InChI=1S/C18H26N4O3.C2HF3O2/c1-24-17-10-16(19-11-20-17)22-9-8-14-13(22)6-7-15(25-14)18(23)21-12-4-2-3-5-12;3-2(4,5)1(6)7/h10-15H,2-9H2,1H3,(H,21,23);(H,6,7)/t13-,14-,15-;/m1./s1. The molecule has 3 fully saturated rings. The molecule has 1 aromatic rings. The number of halogens is 3. The number of methoxy groups -OCH3 is 1. The van der Waals surface area contributed by atoms with Crippen molar-refractivity contribution in [2.45, 2.75) is 75.4 Å². The van der Waals surface area contributed by atoms with Gasteiger partial charge in [0.2, 0.25) is 11.8 Å². The van der Waals surface area contributed by atoms with Gasteiger partial charge in [-0.3, -0.25) is 4.79 Å². The number of amides is 1. The van der Waals surface area contributed by atoms with Gasteiger partial charge >= 0.3 is 12.1 Å². The van der Waals surface area contributed by atoms with Crippen LogP contribution < -0.4 is 15.0 Å². The minimum absolute atomic E-state index is 0.0764. The molecule has 0 spiro atoms. The topological polar surface area (TPSA) is 114 Å². The van der Waals surface area contributed by atoms with Crippen LogP contribution >= 0.6 is 0 Å². The molecule has 1 aliphatic carbocycles. The molecule has 1 saturated carbocycles. The Hall–Kier alpha value is -2.63. The second kappa shape index (κ2) is 10.3. The number of rotatable bonds is 4. The molecule has 2 N–H and O–H groups in total. The van der Waals surface area contributed by atoms with E-state index in [2.05, 4.69) is 20.2 Å². The van der Waals surface area contributed by atoms with Crippen molar-refractivity contribution in [3.63, 3.8) is 0 Å². The molecule has 178 valence electrons. The molecule has 0 aromatic carbocycles. The minimum Gasteiger partial charge on any atom is -0.481 e. The number of carboxylic acids is 1. The van der Waals surface area contributed by atoms with E-state index in [1.165, 1.54) is 19.2 Å². The van der Waals surface area contributed by atoms with Crippen LogP contribution in [0.25, 0.3) is 0 Å². The van der Waals surface area contributed by atoms with Gasteiger partial charge in [0.15, 0.2) is 0 Å². The van der Waals surface area contributed by atoms with Crippen molar-refractivity contribution in [2.75, 3.05) is 18.6 Å². The number of nitrogens with zero attached hydrogens (tertiary/aromatic N) is 3. The SMILES string of the molecule is COc1cc(N2CC[C@H]3O[C@@H](C(=O)NC4CCCC4)CC[C@H]32)ncn1.O=C(O)C(F)(F)F. The normalized spacial score (nSPS) is 25.5. The maximum atomic E-state index is 12.5. The summed E-state index contributed by atoms with van der Waals surface area (Å²) in [5, 5.41) is 10.3. The fraction of sp³-hybridized carbons (Fsp3) is 0.700. The summed E-state index contributed by atoms with van der Waals surface area (Å²) >= 11 is 0. The van der Waals surface area contributed by atoms with Gasteiger partial charge in [0.25, 0.3) is 0 Å². The highest BCUT2D eigenvalue weighted by atomic mass is 19.4. The third kappa shape index (κ3) is 5.99. The fourth-order valence-electron chi connectivity index (χ4n) is 4.37. The molecule has 4 rings (SSSR count). The van der Waals surface area contributed by atoms with E-state index in [1.807, 2.05) is 6.07 Å². The predicted octanol–water partition coefficient (Wildman–Crippen LogP) is 2.30. The number of carbonyl (C=O) groups excluding carboxylic acids is 1. The Labute approximate surface area is 183 Å². The number of aliphatic carboxylic acids is 1. The highest BCUT2D eigenvalue weighted by Crippen LogP contribution is 2.35. The molecule has 1 aromatic heterocycles. The lowest BCUT2D eigenvalue weighted by atomic mass is 9.98. The monoisotopic (exact) mass is 460 g/mol. The van der Waals surface area contributed by atoms with Gasteiger partial charge < -0.3 is 24.8 Å². The van der Waals surface area contributed by atoms with Crippen molar-refractivity contribution in [3.8, 4) is 5.88 Å². The van der Waals surface area contributed by atoms with E-state index >= 15 is 0 Å². The summed E-state index contributed by atoms with van der Waals surface area (Å²) in [7, 11) is 1.61. The number of aromatic nitrogens is 2. The lowest BCUT2D eigenvalue weighted by Gasteiger charge is -2.36. The molecule has 3 heterocycles. The van der Waals surface area contributed by atoms with E-state index in [1.54, 1.807) is 7.11 Å². The molecule has 2 aliphatic heterocycles. The first-order valence-electron chi connectivity index (χ1n) is 10.6. The second-order valence-electron chi connectivity index (χ2n) is 8.00. The maximum Gasteiger partial charge on any atom is 0.490 e. The number of hydrogen-bond donors (Lipinski definition) is 2. The third-order valence-electron chi connectivity index (χ3n) is 5.92. The molecule has 1 amide bonds. The van der Waals surface area contributed by atoms with Crippen LogP contribution in [0.4, 0.5) is 19.0 Å². The van der Waals surface area contributed by atoms with Gasteiger partial charge in [-0.2, -0.15) is 13.2 Å². The molecule has 12 heteroatoms. The average molecular weight is 460 g/mol.